The molecule has 0 aliphatic carbocycles. The third-order valence-electron chi connectivity index (χ3n) is 2.24. The van der Waals surface area contributed by atoms with Gasteiger partial charge in [0.1, 0.15) is 0 Å². The SMILES string of the molecule is CNC(c1ccc(Cl)cn1)c1sccc1Br. The molecule has 2 aromatic heterocycles. The first kappa shape index (κ1) is 12.0. The molecule has 0 amide bonds. The monoisotopic (exact) mass is 316 g/mol. The first-order valence-corrected chi connectivity index (χ1v) is 6.79. The van der Waals surface area contributed by atoms with E-state index < -0.39 is 0 Å². The van der Waals surface area contributed by atoms with Crippen LogP contribution in [0.3, 0.4) is 0 Å². The van der Waals surface area contributed by atoms with Gasteiger partial charge in [-0.05, 0) is 46.6 Å². The number of aromatic nitrogens is 1. The Labute approximate surface area is 112 Å². The highest BCUT2D eigenvalue weighted by Crippen LogP contribution is 2.32. The molecule has 5 heteroatoms. The standard InChI is InChI=1S/C11H10BrClN2S/c1-14-10(11-8(12)4-5-16-11)9-3-2-7(13)6-15-9/h2-6,10,14H,1H3. The van der Waals surface area contributed by atoms with E-state index in [0.29, 0.717) is 5.02 Å². The summed E-state index contributed by atoms with van der Waals surface area (Å²) in [5, 5.41) is 5.97. The highest BCUT2D eigenvalue weighted by atomic mass is 79.9. The summed E-state index contributed by atoms with van der Waals surface area (Å²) in [6.07, 6.45) is 1.67. The predicted molar refractivity (Wildman–Crippen MR) is 72.2 cm³/mol. The van der Waals surface area contributed by atoms with Crippen LogP contribution in [0.4, 0.5) is 0 Å². The maximum Gasteiger partial charge on any atom is 0.0853 e. The van der Waals surface area contributed by atoms with Crippen molar-refractivity contribution >= 4 is 38.9 Å². The van der Waals surface area contributed by atoms with E-state index in [9.17, 15) is 0 Å². The van der Waals surface area contributed by atoms with Crippen molar-refractivity contribution in [2.24, 2.45) is 0 Å². The zero-order chi connectivity index (χ0) is 11.5. The zero-order valence-corrected chi connectivity index (χ0v) is 11.7. The Kier molecular flexibility index (Phi) is 3.97. The highest BCUT2D eigenvalue weighted by molar-refractivity contribution is 9.10. The van der Waals surface area contributed by atoms with E-state index in [1.165, 1.54) is 4.88 Å². The molecule has 0 saturated carbocycles. The number of nitrogens with one attached hydrogen (secondary N) is 1. The summed E-state index contributed by atoms with van der Waals surface area (Å²) in [5.41, 5.74) is 0.968. The molecule has 2 nitrogen and oxygen atoms in total. The lowest BCUT2D eigenvalue weighted by molar-refractivity contribution is 0.680. The van der Waals surface area contributed by atoms with Gasteiger partial charge in [-0.3, -0.25) is 4.98 Å². The third kappa shape index (κ3) is 2.46. The van der Waals surface area contributed by atoms with E-state index in [0.717, 1.165) is 10.2 Å². The lowest BCUT2D eigenvalue weighted by atomic mass is 10.1. The molecule has 0 saturated heterocycles. The molecule has 0 spiro atoms. The zero-order valence-electron chi connectivity index (χ0n) is 8.58. The fourth-order valence-corrected chi connectivity index (χ4v) is 3.32. The van der Waals surface area contributed by atoms with Crippen molar-refractivity contribution in [3.05, 3.63) is 49.8 Å². The average Bonchev–Trinajstić information content (AvgIpc) is 2.69. The van der Waals surface area contributed by atoms with Crippen LogP contribution >= 0.6 is 38.9 Å². The first-order chi connectivity index (χ1) is 7.72. The smallest absolute Gasteiger partial charge is 0.0853 e. The number of rotatable bonds is 3. The van der Waals surface area contributed by atoms with Gasteiger partial charge in [-0.2, -0.15) is 0 Å². The largest absolute Gasteiger partial charge is 0.307 e. The van der Waals surface area contributed by atoms with Crippen LogP contribution in [-0.2, 0) is 0 Å². The predicted octanol–water partition coefficient (Wildman–Crippen LogP) is 3.87. The van der Waals surface area contributed by atoms with E-state index in [-0.39, 0.29) is 6.04 Å². The van der Waals surface area contributed by atoms with Crippen molar-refractivity contribution in [3.8, 4) is 0 Å². The number of nitrogens with zero attached hydrogens (tertiary/aromatic N) is 1. The minimum absolute atomic E-state index is 0.103. The number of hydrogen-bond acceptors (Lipinski definition) is 3. The Morgan fingerprint density at radius 2 is 2.25 bits per heavy atom. The molecule has 1 unspecified atom stereocenters. The van der Waals surface area contributed by atoms with Crippen LogP contribution < -0.4 is 5.32 Å². The van der Waals surface area contributed by atoms with Gasteiger partial charge in [0, 0.05) is 15.5 Å². The molecule has 0 radical (unpaired) electrons. The average molecular weight is 318 g/mol. The second-order valence-corrected chi connectivity index (χ2v) is 5.49. The van der Waals surface area contributed by atoms with Crippen molar-refractivity contribution in [1.29, 1.82) is 0 Å². The molecular weight excluding hydrogens is 308 g/mol. The molecule has 0 fully saturated rings. The molecule has 1 N–H and O–H groups in total. The highest BCUT2D eigenvalue weighted by Gasteiger charge is 2.17. The Hall–Kier alpha value is -0.420. The van der Waals surface area contributed by atoms with Crippen molar-refractivity contribution in [3.63, 3.8) is 0 Å². The quantitative estimate of drug-likeness (QED) is 0.929. The molecule has 0 aromatic carbocycles. The molecule has 2 aromatic rings. The number of pyridine rings is 1. The van der Waals surface area contributed by atoms with Crippen molar-refractivity contribution in [2.75, 3.05) is 7.05 Å². The number of halogens is 2. The summed E-state index contributed by atoms with van der Waals surface area (Å²) in [5.74, 6) is 0. The fourth-order valence-electron chi connectivity index (χ4n) is 1.48. The lowest BCUT2D eigenvalue weighted by Crippen LogP contribution is -2.18. The summed E-state index contributed by atoms with van der Waals surface area (Å²) < 4.78 is 1.11. The van der Waals surface area contributed by atoms with E-state index in [1.54, 1.807) is 17.5 Å². The molecule has 0 aliphatic heterocycles. The van der Waals surface area contributed by atoms with Crippen LogP contribution in [0.1, 0.15) is 16.6 Å². The fraction of sp³-hybridized carbons (Fsp3) is 0.182. The summed E-state index contributed by atoms with van der Waals surface area (Å²) in [4.78, 5) is 5.56. The van der Waals surface area contributed by atoms with E-state index in [2.05, 4.69) is 31.6 Å². The van der Waals surface area contributed by atoms with Crippen LogP contribution in [0.15, 0.2) is 34.2 Å². The summed E-state index contributed by atoms with van der Waals surface area (Å²) >= 11 is 11.1. The van der Waals surface area contributed by atoms with Gasteiger partial charge < -0.3 is 5.32 Å². The Morgan fingerprint density at radius 3 is 2.75 bits per heavy atom. The summed E-state index contributed by atoms with van der Waals surface area (Å²) in [6.45, 7) is 0. The van der Waals surface area contributed by atoms with E-state index >= 15 is 0 Å². The Morgan fingerprint density at radius 1 is 1.44 bits per heavy atom. The molecule has 2 heterocycles. The van der Waals surface area contributed by atoms with Gasteiger partial charge >= 0.3 is 0 Å². The second kappa shape index (κ2) is 5.27. The van der Waals surface area contributed by atoms with Gasteiger partial charge in [0.2, 0.25) is 0 Å². The molecule has 16 heavy (non-hydrogen) atoms. The van der Waals surface area contributed by atoms with Gasteiger partial charge in [-0.15, -0.1) is 11.3 Å². The van der Waals surface area contributed by atoms with Gasteiger partial charge in [0.15, 0.2) is 0 Å². The maximum absolute atomic E-state index is 5.83. The summed E-state index contributed by atoms with van der Waals surface area (Å²) in [7, 11) is 1.92. The van der Waals surface area contributed by atoms with Crippen LogP contribution in [0.5, 0.6) is 0 Å². The van der Waals surface area contributed by atoms with Gasteiger partial charge in [0.05, 0.1) is 16.8 Å². The summed E-state index contributed by atoms with van der Waals surface area (Å²) in [6, 6.07) is 5.94. The molecule has 2 rings (SSSR count). The lowest BCUT2D eigenvalue weighted by Gasteiger charge is -2.14. The van der Waals surface area contributed by atoms with E-state index in [1.807, 2.05) is 25.2 Å². The van der Waals surface area contributed by atoms with Crippen LogP contribution in [-0.4, -0.2) is 12.0 Å². The van der Waals surface area contributed by atoms with Crippen LogP contribution in [0.2, 0.25) is 5.02 Å². The van der Waals surface area contributed by atoms with Crippen LogP contribution in [0, 0.1) is 0 Å². The minimum atomic E-state index is 0.103. The second-order valence-electron chi connectivity index (χ2n) is 3.26. The maximum atomic E-state index is 5.83. The van der Waals surface area contributed by atoms with Crippen molar-refractivity contribution < 1.29 is 0 Å². The molecular formula is C11H10BrClN2S. The van der Waals surface area contributed by atoms with Gasteiger partial charge in [0.25, 0.3) is 0 Å². The topological polar surface area (TPSA) is 24.9 Å². The number of thiophene rings is 1. The number of hydrogen-bond donors (Lipinski definition) is 1. The molecule has 0 bridgehead atoms. The first-order valence-electron chi connectivity index (χ1n) is 4.74. The van der Waals surface area contributed by atoms with Gasteiger partial charge in [-0.25, -0.2) is 0 Å². The molecule has 84 valence electrons. The Bertz CT molecular complexity index is 469. The molecule has 1 atom stereocenters. The van der Waals surface area contributed by atoms with E-state index in [4.69, 9.17) is 11.6 Å². The normalized spacial score (nSPS) is 12.7. The van der Waals surface area contributed by atoms with Crippen molar-refractivity contribution in [1.82, 2.24) is 10.3 Å². The van der Waals surface area contributed by atoms with Crippen molar-refractivity contribution in [2.45, 2.75) is 6.04 Å². The Balaban J connectivity index is 2.37. The third-order valence-corrected chi connectivity index (χ3v) is 4.40. The van der Waals surface area contributed by atoms with Gasteiger partial charge in [-0.1, -0.05) is 11.6 Å². The molecule has 0 aliphatic rings. The van der Waals surface area contributed by atoms with Crippen LogP contribution in [0.25, 0.3) is 0 Å². The minimum Gasteiger partial charge on any atom is -0.307 e.